The molecule has 0 heterocycles. The molecule has 0 bridgehead atoms. The summed E-state index contributed by atoms with van der Waals surface area (Å²) in [5.74, 6) is -1.35. The van der Waals surface area contributed by atoms with E-state index in [1.807, 2.05) is 0 Å². The van der Waals surface area contributed by atoms with E-state index in [0.717, 1.165) is 4.31 Å². The molecule has 0 radical (unpaired) electrons. The smallest absolute Gasteiger partial charge is 0.411 e. The monoisotopic (exact) mass is 477 g/mol. The van der Waals surface area contributed by atoms with Crippen molar-refractivity contribution in [3.05, 3.63) is 53.6 Å². The molecule has 2 aromatic carbocycles. The molecule has 0 aliphatic rings. The molecule has 2 amide bonds. The van der Waals surface area contributed by atoms with Crippen LogP contribution in [0.1, 0.15) is 29.8 Å². The molecule has 33 heavy (non-hydrogen) atoms. The third-order valence-electron chi connectivity index (χ3n) is 4.54. The van der Waals surface area contributed by atoms with Gasteiger partial charge in [0, 0.05) is 25.5 Å². The Kier molecular flexibility index (Phi) is 8.55. The van der Waals surface area contributed by atoms with Crippen LogP contribution in [0.3, 0.4) is 0 Å². The van der Waals surface area contributed by atoms with Gasteiger partial charge < -0.3 is 14.8 Å². The van der Waals surface area contributed by atoms with Crippen molar-refractivity contribution >= 4 is 39.4 Å². The number of carbonyl (C=O) groups is 3. The first kappa shape index (κ1) is 25.8. The molecule has 10 nitrogen and oxygen atoms in total. The number of hydrogen-bond acceptors (Lipinski definition) is 7. The highest BCUT2D eigenvalue weighted by Gasteiger charge is 2.22. The lowest BCUT2D eigenvalue weighted by Crippen LogP contribution is -2.30. The molecule has 1 atom stereocenters. The minimum Gasteiger partial charge on any atom is -0.450 e. The third-order valence-corrected chi connectivity index (χ3v) is 6.35. The first-order valence-corrected chi connectivity index (χ1v) is 11.5. The van der Waals surface area contributed by atoms with E-state index in [-0.39, 0.29) is 17.1 Å². The van der Waals surface area contributed by atoms with Crippen molar-refractivity contribution in [2.24, 2.45) is 0 Å². The van der Waals surface area contributed by atoms with E-state index in [1.54, 1.807) is 19.9 Å². The molecule has 0 unspecified atom stereocenters. The summed E-state index contributed by atoms with van der Waals surface area (Å²) in [6, 6.07) is 10.3. The van der Waals surface area contributed by atoms with Crippen LogP contribution in [0.25, 0.3) is 0 Å². The molecule has 2 aromatic rings. The number of anilines is 2. The van der Waals surface area contributed by atoms with Crippen molar-refractivity contribution in [2.45, 2.75) is 31.8 Å². The van der Waals surface area contributed by atoms with Crippen LogP contribution in [0.2, 0.25) is 0 Å². The van der Waals surface area contributed by atoms with Gasteiger partial charge in [0.15, 0.2) is 6.10 Å². The summed E-state index contributed by atoms with van der Waals surface area (Å²) in [6.07, 6.45) is -1.76. The van der Waals surface area contributed by atoms with Gasteiger partial charge in [-0.2, -0.15) is 0 Å². The van der Waals surface area contributed by atoms with Crippen LogP contribution in [0, 0.1) is 6.92 Å². The second-order valence-corrected chi connectivity index (χ2v) is 9.38. The summed E-state index contributed by atoms with van der Waals surface area (Å²) in [5, 5.41) is 5.10. The summed E-state index contributed by atoms with van der Waals surface area (Å²) in [4.78, 5) is 36.4. The van der Waals surface area contributed by atoms with Crippen LogP contribution in [0.5, 0.6) is 0 Å². The van der Waals surface area contributed by atoms with Gasteiger partial charge in [0.25, 0.3) is 5.91 Å². The topological polar surface area (TPSA) is 131 Å². The molecule has 11 heteroatoms. The van der Waals surface area contributed by atoms with Gasteiger partial charge in [0.05, 0.1) is 17.1 Å². The maximum atomic E-state index is 12.6. The van der Waals surface area contributed by atoms with E-state index in [4.69, 9.17) is 9.47 Å². The van der Waals surface area contributed by atoms with Gasteiger partial charge in [-0.25, -0.2) is 22.3 Å². The summed E-state index contributed by atoms with van der Waals surface area (Å²) >= 11 is 0. The zero-order valence-corrected chi connectivity index (χ0v) is 19.9. The fraction of sp³-hybridized carbons (Fsp3) is 0.318. The average molecular weight is 478 g/mol. The summed E-state index contributed by atoms with van der Waals surface area (Å²) in [5.41, 5.74) is 1.54. The van der Waals surface area contributed by atoms with E-state index in [0.29, 0.717) is 16.9 Å². The van der Waals surface area contributed by atoms with Gasteiger partial charge in [-0.3, -0.25) is 10.1 Å². The molecule has 0 spiro atoms. The molecular formula is C22H27N3O7S. The number of hydrogen-bond donors (Lipinski definition) is 2. The molecule has 0 saturated carbocycles. The maximum Gasteiger partial charge on any atom is 0.411 e. The third kappa shape index (κ3) is 6.77. The lowest BCUT2D eigenvalue weighted by molar-refractivity contribution is -0.123. The zero-order chi connectivity index (χ0) is 24.8. The van der Waals surface area contributed by atoms with Crippen LogP contribution in [0.4, 0.5) is 16.2 Å². The Morgan fingerprint density at radius 1 is 1.03 bits per heavy atom. The minimum atomic E-state index is -3.68. The van der Waals surface area contributed by atoms with Crippen LogP contribution in [-0.4, -0.2) is 57.5 Å². The summed E-state index contributed by atoms with van der Waals surface area (Å²) in [6.45, 7) is 5.02. The molecule has 2 N–H and O–H groups in total. The number of ether oxygens (including phenoxy) is 2. The van der Waals surface area contributed by atoms with Crippen LogP contribution >= 0.6 is 0 Å². The number of nitrogens with one attached hydrogen (secondary N) is 2. The molecular weight excluding hydrogens is 450 g/mol. The molecule has 0 aromatic heterocycles. The van der Waals surface area contributed by atoms with E-state index < -0.39 is 34.1 Å². The number of aryl methyl sites for hydroxylation is 1. The largest absolute Gasteiger partial charge is 0.450 e. The van der Waals surface area contributed by atoms with Gasteiger partial charge in [-0.05, 0) is 62.7 Å². The van der Waals surface area contributed by atoms with Crippen LogP contribution < -0.4 is 10.6 Å². The molecule has 2 rings (SSSR count). The standard InChI is InChI=1S/C22H27N3O7S/c1-6-31-22(28)23-17-10-8-16(9-11-17)21(27)32-15(3)20(26)24-19-13-18(12-7-14(19)2)33(29,30)25(4)5/h7-13,15H,6H2,1-5H3,(H,23,28)(H,24,26)/t15-/m1/s1. The Hall–Kier alpha value is -3.44. The van der Waals surface area contributed by atoms with Crippen LogP contribution in [0.15, 0.2) is 47.4 Å². The van der Waals surface area contributed by atoms with Gasteiger partial charge >= 0.3 is 12.1 Å². The highest BCUT2D eigenvalue weighted by atomic mass is 32.2. The Morgan fingerprint density at radius 3 is 2.24 bits per heavy atom. The number of rotatable bonds is 8. The second kappa shape index (κ2) is 10.9. The maximum absolute atomic E-state index is 12.6. The number of sulfonamides is 1. The number of amides is 2. The van der Waals surface area contributed by atoms with E-state index >= 15 is 0 Å². The number of benzene rings is 2. The van der Waals surface area contributed by atoms with Crippen molar-refractivity contribution in [2.75, 3.05) is 31.3 Å². The second-order valence-electron chi connectivity index (χ2n) is 7.22. The number of esters is 1. The van der Waals surface area contributed by atoms with Crippen molar-refractivity contribution in [1.82, 2.24) is 4.31 Å². The van der Waals surface area contributed by atoms with Crippen molar-refractivity contribution in [3.8, 4) is 0 Å². The van der Waals surface area contributed by atoms with E-state index in [2.05, 4.69) is 10.6 Å². The van der Waals surface area contributed by atoms with E-state index in [9.17, 15) is 22.8 Å². The first-order valence-electron chi connectivity index (χ1n) is 10.0. The lowest BCUT2D eigenvalue weighted by atomic mass is 10.2. The highest BCUT2D eigenvalue weighted by molar-refractivity contribution is 7.89. The number of nitrogens with zero attached hydrogens (tertiary/aromatic N) is 1. The fourth-order valence-corrected chi connectivity index (χ4v) is 3.53. The van der Waals surface area contributed by atoms with Crippen molar-refractivity contribution in [3.63, 3.8) is 0 Å². The normalized spacial score (nSPS) is 12.1. The van der Waals surface area contributed by atoms with Gasteiger partial charge in [-0.15, -0.1) is 0 Å². The predicted octanol–water partition coefficient (Wildman–Crippen LogP) is 3.00. The van der Waals surface area contributed by atoms with Gasteiger partial charge in [-0.1, -0.05) is 6.07 Å². The van der Waals surface area contributed by atoms with Crippen LogP contribution in [-0.2, 0) is 24.3 Å². The Labute approximate surface area is 192 Å². The Balaban J connectivity index is 2.05. The zero-order valence-electron chi connectivity index (χ0n) is 19.0. The lowest BCUT2D eigenvalue weighted by Gasteiger charge is -2.17. The molecule has 0 aliphatic heterocycles. The number of carbonyl (C=O) groups excluding carboxylic acids is 3. The highest BCUT2D eigenvalue weighted by Crippen LogP contribution is 2.22. The van der Waals surface area contributed by atoms with Gasteiger partial charge in [0.1, 0.15) is 0 Å². The fourth-order valence-electron chi connectivity index (χ4n) is 2.60. The molecule has 0 fully saturated rings. The van der Waals surface area contributed by atoms with Crippen molar-refractivity contribution in [1.29, 1.82) is 0 Å². The minimum absolute atomic E-state index is 0.0227. The SMILES string of the molecule is CCOC(=O)Nc1ccc(C(=O)O[C@H](C)C(=O)Nc2cc(S(=O)(=O)N(C)C)ccc2C)cc1. The van der Waals surface area contributed by atoms with Gasteiger partial charge in [0.2, 0.25) is 10.0 Å². The molecule has 178 valence electrons. The predicted molar refractivity (Wildman–Crippen MR) is 123 cm³/mol. The van der Waals surface area contributed by atoms with E-state index in [1.165, 1.54) is 57.4 Å². The summed E-state index contributed by atoms with van der Waals surface area (Å²) in [7, 11) is -0.857. The van der Waals surface area contributed by atoms with Crippen molar-refractivity contribution < 1.29 is 32.3 Å². The first-order chi connectivity index (χ1) is 15.4. The Morgan fingerprint density at radius 2 is 1.67 bits per heavy atom. The summed E-state index contributed by atoms with van der Waals surface area (Å²) < 4.78 is 35.8. The molecule has 0 aliphatic carbocycles. The Bertz CT molecular complexity index is 1130. The quantitative estimate of drug-likeness (QED) is 0.559. The average Bonchev–Trinajstić information content (AvgIpc) is 2.75. The molecule has 0 saturated heterocycles.